The number of rotatable bonds is 4. The van der Waals surface area contributed by atoms with Crippen LogP contribution in [0.15, 0.2) is 4.91 Å². The molecule has 0 unspecified atom stereocenters. The minimum atomic E-state index is -1.12. The first-order valence-electron chi connectivity index (χ1n) is 3.97. The van der Waals surface area contributed by atoms with Crippen LogP contribution >= 0.6 is 11.8 Å². The summed E-state index contributed by atoms with van der Waals surface area (Å²) in [6.45, 7) is 5.72. The number of thioether (sulfide) groups is 1. The molecule has 0 rings (SSSR count). The SMILES string of the molecule is CC[C-]=C(SC(C)C)C(=O)[O-].O=C=O.[Na+].[Na+]. The van der Waals surface area contributed by atoms with Crippen LogP contribution < -0.4 is 64.2 Å². The summed E-state index contributed by atoms with van der Waals surface area (Å²) in [7, 11) is 0. The average molecular weight is 262 g/mol. The van der Waals surface area contributed by atoms with E-state index in [9.17, 15) is 9.90 Å². The van der Waals surface area contributed by atoms with Crippen molar-refractivity contribution in [3.05, 3.63) is 11.0 Å². The Balaban J connectivity index is -0.000000129. The van der Waals surface area contributed by atoms with Gasteiger partial charge in [0.15, 0.2) is 0 Å². The van der Waals surface area contributed by atoms with Crippen molar-refractivity contribution < 1.29 is 78.6 Å². The van der Waals surface area contributed by atoms with Gasteiger partial charge in [-0.2, -0.15) is 21.4 Å². The van der Waals surface area contributed by atoms with Crippen molar-refractivity contribution in [2.24, 2.45) is 0 Å². The van der Waals surface area contributed by atoms with Crippen LogP contribution in [0.4, 0.5) is 0 Å². The number of carboxylic acids is 1. The number of carboxylic acid groups (broad SMARTS) is 1. The fourth-order valence-corrected chi connectivity index (χ4v) is 1.35. The third-order valence-corrected chi connectivity index (χ3v) is 1.89. The van der Waals surface area contributed by atoms with E-state index in [4.69, 9.17) is 9.59 Å². The standard InChI is InChI=1S/C8H13O2S.CO2.2Na/c1-4-5-7(8(9)10)11-6(2)3;2-1-3;;/h6H,4H2,1-3H3,(H,9,10);;;/q-1;;2*+1/p-1. The first-order chi connectivity index (χ1) is 6.49. The van der Waals surface area contributed by atoms with Crippen LogP contribution in [0.25, 0.3) is 0 Å². The Morgan fingerprint density at radius 3 is 1.94 bits per heavy atom. The van der Waals surface area contributed by atoms with Gasteiger partial charge in [0.2, 0.25) is 0 Å². The van der Waals surface area contributed by atoms with E-state index in [0.29, 0.717) is 6.42 Å². The molecular formula is C9H12Na2O4S. The summed E-state index contributed by atoms with van der Waals surface area (Å²) in [6, 6.07) is 0. The van der Waals surface area contributed by atoms with Crippen LogP contribution in [0.1, 0.15) is 27.2 Å². The Hall–Kier alpha value is 0.940. The number of hydrogen-bond donors (Lipinski definition) is 0. The third kappa shape index (κ3) is 20.4. The van der Waals surface area contributed by atoms with Crippen LogP contribution in [-0.2, 0) is 14.4 Å². The van der Waals surface area contributed by atoms with Gasteiger partial charge < -0.3 is 9.90 Å². The quantitative estimate of drug-likeness (QED) is 0.287. The molecule has 0 bridgehead atoms. The molecule has 0 aromatic rings. The molecule has 0 fully saturated rings. The Labute approximate surface area is 144 Å². The zero-order chi connectivity index (χ0) is 11.6. The van der Waals surface area contributed by atoms with Crippen LogP contribution in [0.3, 0.4) is 0 Å². The number of hydrogen-bond acceptors (Lipinski definition) is 5. The molecule has 0 aliphatic rings. The maximum absolute atomic E-state index is 10.4. The molecule has 0 heterocycles. The second-order valence-electron chi connectivity index (χ2n) is 2.40. The van der Waals surface area contributed by atoms with Crippen molar-refractivity contribution in [3.63, 3.8) is 0 Å². The van der Waals surface area contributed by atoms with Crippen molar-refractivity contribution >= 4 is 23.9 Å². The summed E-state index contributed by atoms with van der Waals surface area (Å²) in [6.07, 6.45) is 3.60. The molecule has 0 saturated heterocycles. The zero-order valence-corrected chi connectivity index (χ0v) is 15.1. The first-order valence-corrected chi connectivity index (χ1v) is 4.85. The normalized spacial score (nSPS) is 8.88. The maximum Gasteiger partial charge on any atom is 1.00 e. The van der Waals surface area contributed by atoms with Gasteiger partial charge >= 0.3 is 65.3 Å². The average Bonchev–Trinajstić information content (AvgIpc) is 2.04. The van der Waals surface area contributed by atoms with Crippen molar-refractivity contribution in [2.75, 3.05) is 0 Å². The molecule has 0 saturated carbocycles. The molecule has 0 N–H and O–H groups in total. The van der Waals surface area contributed by atoms with Gasteiger partial charge in [-0.1, -0.05) is 26.7 Å². The molecule has 0 aliphatic heterocycles. The molecule has 16 heavy (non-hydrogen) atoms. The Bertz CT molecular complexity index is 236. The molecule has 80 valence electrons. The fraction of sp³-hybridized carbons (Fsp3) is 0.556. The van der Waals surface area contributed by atoms with E-state index in [1.54, 1.807) is 0 Å². The third-order valence-electron chi connectivity index (χ3n) is 0.876. The van der Waals surface area contributed by atoms with E-state index in [1.807, 2.05) is 20.8 Å². The summed E-state index contributed by atoms with van der Waals surface area (Å²) < 4.78 is 0. The van der Waals surface area contributed by atoms with Gasteiger partial charge in [0.25, 0.3) is 0 Å². The molecular weight excluding hydrogens is 250 g/mol. The predicted molar refractivity (Wildman–Crippen MR) is 49.8 cm³/mol. The van der Waals surface area contributed by atoms with E-state index in [-0.39, 0.29) is 75.4 Å². The maximum atomic E-state index is 10.4. The molecule has 4 nitrogen and oxygen atoms in total. The van der Waals surface area contributed by atoms with E-state index in [1.165, 1.54) is 11.8 Å². The Kier molecular flexibility index (Phi) is 29.4. The summed E-state index contributed by atoms with van der Waals surface area (Å²) in [5.41, 5.74) is 0. The van der Waals surface area contributed by atoms with Gasteiger partial charge in [-0.05, 0) is 0 Å². The van der Waals surface area contributed by atoms with Crippen molar-refractivity contribution in [1.82, 2.24) is 0 Å². The van der Waals surface area contributed by atoms with Gasteiger partial charge in [-0.3, -0.25) is 6.08 Å². The van der Waals surface area contributed by atoms with Crippen molar-refractivity contribution in [2.45, 2.75) is 32.4 Å². The summed E-state index contributed by atoms with van der Waals surface area (Å²) in [5, 5.41) is 10.7. The smallest absolute Gasteiger partial charge is 0.657 e. The molecule has 7 heteroatoms. The second kappa shape index (κ2) is 18.3. The van der Waals surface area contributed by atoms with Gasteiger partial charge in [-0.15, -0.1) is 11.3 Å². The van der Waals surface area contributed by atoms with Gasteiger partial charge in [0.1, 0.15) is 0 Å². The van der Waals surface area contributed by atoms with Crippen LogP contribution in [0.2, 0.25) is 0 Å². The molecule has 0 spiro atoms. The Morgan fingerprint density at radius 1 is 1.38 bits per heavy atom. The molecule has 0 amide bonds. The molecule has 0 radical (unpaired) electrons. The summed E-state index contributed by atoms with van der Waals surface area (Å²) in [4.78, 5) is 26.9. The van der Waals surface area contributed by atoms with Crippen molar-refractivity contribution in [1.29, 1.82) is 0 Å². The van der Waals surface area contributed by atoms with Crippen LogP contribution in [-0.4, -0.2) is 17.4 Å². The van der Waals surface area contributed by atoms with E-state index in [2.05, 4.69) is 6.08 Å². The Morgan fingerprint density at radius 2 is 1.75 bits per heavy atom. The van der Waals surface area contributed by atoms with Crippen molar-refractivity contribution in [3.8, 4) is 0 Å². The summed E-state index contributed by atoms with van der Waals surface area (Å²) in [5.74, 6) is -1.12. The number of carbonyl (C=O) groups excluding carboxylic acids is 3. The van der Waals surface area contributed by atoms with Gasteiger partial charge in [0.05, 0.1) is 0 Å². The largest absolute Gasteiger partial charge is 1.00 e. The second-order valence-corrected chi connectivity index (χ2v) is 3.98. The topological polar surface area (TPSA) is 74.3 Å². The van der Waals surface area contributed by atoms with E-state index >= 15 is 0 Å². The molecule has 0 aliphatic carbocycles. The number of allylic oxidation sites excluding steroid dienone is 1. The number of aliphatic carboxylic acids is 1. The van der Waals surface area contributed by atoms with E-state index in [0.717, 1.165) is 0 Å². The van der Waals surface area contributed by atoms with E-state index < -0.39 is 5.97 Å². The minimum absolute atomic E-state index is 0. The number of carbonyl (C=O) groups is 1. The summed E-state index contributed by atoms with van der Waals surface area (Å²) >= 11 is 1.28. The predicted octanol–water partition coefficient (Wildman–Crippen LogP) is -5.60. The first kappa shape index (κ1) is 25.7. The van der Waals surface area contributed by atoms with Crippen LogP contribution in [0.5, 0.6) is 0 Å². The monoisotopic (exact) mass is 262 g/mol. The zero-order valence-electron chi connectivity index (χ0n) is 10.3. The fourth-order valence-electron chi connectivity index (χ4n) is 0.558. The molecule has 0 aromatic carbocycles. The molecule has 0 atom stereocenters. The van der Waals surface area contributed by atoms with Gasteiger partial charge in [-0.25, -0.2) is 0 Å². The minimum Gasteiger partial charge on any atom is -0.657 e. The van der Waals surface area contributed by atoms with Gasteiger partial charge in [0, 0.05) is 5.25 Å². The van der Waals surface area contributed by atoms with Crippen LogP contribution in [0, 0.1) is 6.08 Å². The molecule has 0 aromatic heterocycles.